The minimum Gasteiger partial charge on any atom is -0.326 e. The lowest BCUT2D eigenvalue weighted by Crippen LogP contribution is -2.48. The van der Waals surface area contributed by atoms with Crippen LogP contribution >= 0.6 is 0 Å². The molecule has 120 valence electrons. The summed E-state index contributed by atoms with van der Waals surface area (Å²) >= 11 is 0. The number of nitrogens with one attached hydrogen (secondary N) is 1. The van der Waals surface area contributed by atoms with Crippen LogP contribution < -0.4 is 5.32 Å². The molecule has 1 amide bonds. The maximum absolute atomic E-state index is 12.5. The van der Waals surface area contributed by atoms with E-state index in [4.69, 9.17) is 0 Å². The number of sulfonamides is 1. The molecular formula is C16H17N3O3S. The van der Waals surface area contributed by atoms with Gasteiger partial charge >= 0.3 is 0 Å². The first-order valence-electron chi connectivity index (χ1n) is 7.25. The van der Waals surface area contributed by atoms with E-state index < -0.39 is 10.0 Å². The number of anilines is 1. The van der Waals surface area contributed by atoms with Crippen molar-refractivity contribution in [1.29, 1.82) is 0 Å². The van der Waals surface area contributed by atoms with Gasteiger partial charge in [-0.15, -0.1) is 0 Å². The Labute approximate surface area is 135 Å². The summed E-state index contributed by atoms with van der Waals surface area (Å²) in [4.78, 5) is 15.5. The van der Waals surface area contributed by atoms with E-state index in [-0.39, 0.29) is 16.7 Å². The van der Waals surface area contributed by atoms with E-state index in [1.807, 2.05) is 18.2 Å². The van der Waals surface area contributed by atoms with Crippen LogP contribution in [0.4, 0.5) is 5.69 Å². The molecule has 0 radical (unpaired) electrons. The van der Waals surface area contributed by atoms with Crippen molar-refractivity contribution in [2.45, 2.75) is 17.7 Å². The van der Waals surface area contributed by atoms with E-state index in [9.17, 15) is 13.2 Å². The van der Waals surface area contributed by atoms with Crippen LogP contribution in [0.3, 0.4) is 0 Å². The Hall–Kier alpha value is -2.25. The summed E-state index contributed by atoms with van der Waals surface area (Å²) < 4.78 is 26.5. The van der Waals surface area contributed by atoms with Crippen molar-refractivity contribution >= 4 is 21.6 Å². The molecule has 2 aromatic rings. The first-order valence-corrected chi connectivity index (χ1v) is 8.69. The Kier molecular flexibility index (Phi) is 4.14. The molecule has 0 saturated carbocycles. The van der Waals surface area contributed by atoms with Gasteiger partial charge in [-0.3, -0.25) is 9.78 Å². The number of hydrogen-bond acceptors (Lipinski definition) is 4. The van der Waals surface area contributed by atoms with E-state index in [0.29, 0.717) is 18.8 Å². The second-order valence-electron chi connectivity index (χ2n) is 5.48. The minimum atomic E-state index is -3.50. The van der Waals surface area contributed by atoms with E-state index in [0.717, 1.165) is 5.69 Å². The molecule has 0 bridgehead atoms. The SMILES string of the molecule is CC(=O)Nc1ccc(S(=O)(=O)N2CC(c3ccccn3)C2)cc1. The number of benzene rings is 1. The first kappa shape index (κ1) is 15.6. The van der Waals surface area contributed by atoms with Crippen molar-refractivity contribution in [2.24, 2.45) is 0 Å². The predicted molar refractivity (Wildman–Crippen MR) is 86.5 cm³/mol. The van der Waals surface area contributed by atoms with Gasteiger partial charge < -0.3 is 5.32 Å². The number of rotatable bonds is 4. The van der Waals surface area contributed by atoms with Gasteiger partial charge in [-0.25, -0.2) is 8.42 Å². The van der Waals surface area contributed by atoms with E-state index in [1.54, 1.807) is 18.3 Å². The third-order valence-corrected chi connectivity index (χ3v) is 5.61. The van der Waals surface area contributed by atoms with Gasteiger partial charge in [-0.2, -0.15) is 4.31 Å². The van der Waals surface area contributed by atoms with Gasteiger partial charge in [0.25, 0.3) is 0 Å². The standard InChI is InChI=1S/C16H17N3O3S/c1-12(20)18-14-5-7-15(8-6-14)23(21,22)19-10-13(11-19)16-4-2-3-9-17-16/h2-9,13H,10-11H2,1H3,(H,18,20). The zero-order valence-corrected chi connectivity index (χ0v) is 13.5. The lowest BCUT2D eigenvalue weighted by atomic mass is 9.99. The van der Waals surface area contributed by atoms with E-state index in [2.05, 4.69) is 10.3 Å². The first-order chi connectivity index (χ1) is 11.0. The molecule has 1 aliphatic heterocycles. The summed E-state index contributed by atoms with van der Waals surface area (Å²) in [6, 6.07) is 11.8. The summed E-state index contributed by atoms with van der Waals surface area (Å²) in [5.74, 6) is -0.0498. The van der Waals surface area contributed by atoms with Gasteiger partial charge in [0.1, 0.15) is 0 Å². The number of carbonyl (C=O) groups excluding carboxylic acids is 1. The molecule has 6 nitrogen and oxygen atoms in total. The molecule has 1 saturated heterocycles. The van der Waals surface area contributed by atoms with Crippen LogP contribution in [0.5, 0.6) is 0 Å². The van der Waals surface area contributed by atoms with Crippen LogP contribution in [0.25, 0.3) is 0 Å². The van der Waals surface area contributed by atoms with Crippen LogP contribution in [0.2, 0.25) is 0 Å². The normalized spacial score (nSPS) is 15.9. The third-order valence-electron chi connectivity index (χ3n) is 3.77. The number of aromatic nitrogens is 1. The fourth-order valence-corrected chi connectivity index (χ4v) is 4.03. The van der Waals surface area contributed by atoms with Crippen molar-refractivity contribution in [3.8, 4) is 0 Å². The second-order valence-corrected chi connectivity index (χ2v) is 7.42. The van der Waals surface area contributed by atoms with Crippen molar-refractivity contribution in [3.63, 3.8) is 0 Å². The molecule has 1 N–H and O–H groups in total. The highest BCUT2D eigenvalue weighted by Gasteiger charge is 2.37. The molecule has 1 aromatic heterocycles. The predicted octanol–water partition coefficient (Wildman–Crippen LogP) is 1.83. The van der Waals surface area contributed by atoms with E-state index in [1.165, 1.54) is 23.4 Å². The molecule has 1 fully saturated rings. The van der Waals surface area contributed by atoms with Crippen LogP contribution in [-0.2, 0) is 14.8 Å². The Morgan fingerprint density at radius 2 is 1.87 bits per heavy atom. The largest absolute Gasteiger partial charge is 0.326 e. The van der Waals surface area contributed by atoms with Gasteiger partial charge in [0.2, 0.25) is 15.9 Å². The summed E-state index contributed by atoms with van der Waals surface area (Å²) in [5, 5.41) is 2.61. The Bertz CT molecular complexity index is 798. The maximum Gasteiger partial charge on any atom is 0.243 e. The lowest BCUT2D eigenvalue weighted by molar-refractivity contribution is -0.114. The maximum atomic E-state index is 12.5. The summed E-state index contributed by atoms with van der Waals surface area (Å²) in [6.07, 6.45) is 1.72. The van der Waals surface area contributed by atoms with Crippen molar-refractivity contribution in [3.05, 3.63) is 54.4 Å². The molecule has 1 aliphatic rings. The van der Waals surface area contributed by atoms with E-state index >= 15 is 0 Å². The second kappa shape index (κ2) is 6.10. The molecule has 7 heteroatoms. The summed E-state index contributed by atoms with van der Waals surface area (Å²) in [5.41, 5.74) is 1.49. The zero-order chi connectivity index (χ0) is 16.4. The highest BCUT2D eigenvalue weighted by Crippen LogP contribution is 2.31. The molecule has 3 rings (SSSR count). The van der Waals surface area contributed by atoms with Crippen LogP contribution in [0, 0.1) is 0 Å². The number of nitrogens with zero attached hydrogens (tertiary/aromatic N) is 2. The van der Waals surface area contributed by atoms with Crippen LogP contribution in [0.15, 0.2) is 53.6 Å². The summed E-state index contributed by atoms with van der Waals surface area (Å²) in [7, 11) is -3.50. The number of hydrogen-bond donors (Lipinski definition) is 1. The van der Waals surface area contributed by atoms with Crippen molar-refractivity contribution < 1.29 is 13.2 Å². The Morgan fingerprint density at radius 3 is 2.43 bits per heavy atom. The number of pyridine rings is 1. The van der Waals surface area contributed by atoms with Gasteiger partial charge in [-0.05, 0) is 36.4 Å². The molecule has 0 spiro atoms. The lowest BCUT2D eigenvalue weighted by Gasteiger charge is -2.37. The average Bonchev–Trinajstić information content (AvgIpc) is 2.46. The molecule has 23 heavy (non-hydrogen) atoms. The van der Waals surface area contributed by atoms with Gasteiger partial charge in [-0.1, -0.05) is 6.07 Å². The van der Waals surface area contributed by atoms with Gasteiger partial charge in [0.15, 0.2) is 0 Å². The molecule has 0 unspecified atom stereocenters. The highest BCUT2D eigenvalue weighted by atomic mass is 32.2. The molecular weight excluding hydrogens is 314 g/mol. The van der Waals surface area contributed by atoms with Crippen LogP contribution in [-0.4, -0.2) is 36.7 Å². The zero-order valence-electron chi connectivity index (χ0n) is 12.6. The fraction of sp³-hybridized carbons (Fsp3) is 0.250. The smallest absolute Gasteiger partial charge is 0.243 e. The molecule has 0 aliphatic carbocycles. The molecule has 0 atom stereocenters. The highest BCUT2D eigenvalue weighted by molar-refractivity contribution is 7.89. The monoisotopic (exact) mass is 331 g/mol. The Morgan fingerprint density at radius 1 is 1.17 bits per heavy atom. The molecule has 2 heterocycles. The summed E-state index contributed by atoms with van der Waals surface area (Å²) in [6.45, 7) is 2.28. The third kappa shape index (κ3) is 3.25. The van der Waals surface area contributed by atoms with Gasteiger partial charge in [0.05, 0.1) is 4.90 Å². The Balaban J connectivity index is 1.70. The topological polar surface area (TPSA) is 79.4 Å². The number of carbonyl (C=O) groups is 1. The van der Waals surface area contributed by atoms with Crippen molar-refractivity contribution in [1.82, 2.24) is 9.29 Å². The van der Waals surface area contributed by atoms with Crippen LogP contribution in [0.1, 0.15) is 18.5 Å². The van der Waals surface area contributed by atoms with Gasteiger partial charge in [0, 0.05) is 43.5 Å². The average molecular weight is 331 g/mol. The molecule has 1 aromatic carbocycles. The quantitative estimate of drug-likeness (QED) is 0.927. The minimum absolute atomic E-state index is 0.143. The van der Waals surface area contributed by atoms with Crippen molar-refractivity contribution in [2.75, 3.05) is 18.4 Å². The number of amides is 1. The fourth-order valence-electron chi connectivity index (χ4n) is 2.50.